The average molecular weight is 332 g/mol. The van der Waals surface area contributed by atoms with Crippen molar-refractivity contribution in [3.8, 4) is 0 Å². The molecule has 0 bridgehead atoms. The van der Waals surface area contributed by atoms with Gasteiger partial charge in [-0.25, -0.2) is 9.97 Å². The van der Waals surface area contributed by atoms with Crippen molar-refractivity contribution < 1.29 is 9.59 Å². The number of hydrogen-bond donors (Lipinski definition) is 2. The Kier molecular flexibility index (Phi) is 5.24. The highest BCUT2D eigenvalue weighted by atomic mass is 16.2. The highest BCUT2D eigenvalue weighted by Gasteiger charge is 2.36. The van der Waals surface area contributed by atoms with Crippen molar-refractivity contribution in [3.05, 3.63) is 18.0 Å². The summed E-state index contributed by atoms with van der Waals surface area (Å²) < 4.78 is 0. The zero-order chi connectivity index (χ0) is 16.9. The molecular formula is C16H24N6O2. The Morgan fingerprint density at radius 1 is 1.25 bits per heavy atom. The van der Waals surface area contributed by atoms with E-state index in [1.54, 1.807) is 4.90 Å². The maximum Gasteiger partial charge on any atom is 0.257 e. The van der Waals surface area contributed by atoms with E-state index < -0.39 is 6.04 Å². The van der Waals surface area contributed by atoms with E-state index in [2.05, 4.69) is 20.6 Å². The van der Waals surface area contributed by atoms with E-state index in [4.69, 9.17) is 0 Å². The number of nitrogens with one attached hydrogen (secondary N) is 2. The molecule has 2 aliphatic heterocycles. The maximum absolute atomic E-state index is 12.8. The van der Waals surface area contributed by atoms with Gasteiger partial charge in [0.15, 0.2) is 0 Å². The van der Waals surface area contributed by atoms with Gasteiger partial charge >= 0.3 is 0 Å². The first-order valence-corrected chi connectivity index (χ1v) is 8.57. The molecule has 130 valence electrons. The van der Waals surface area contributed by atoms with Gasteiger partial charge in [0.1, 0.15) is 6.04 Å². The average Bonchev–Trinajstić information content (AvgIpc) is 3.16. The second-order valence-corrected chi connectivity index (χ2v) is 6.08. The van der Waals surface area contributed by atoms with Crippen molar-refractivity contribution in [2.45, 2.75) is 25.8 Å². The van der Waals surface area contributed by atoms with Gasteiger partial charge in [0.25, 0.3) is 5.91 Å². The molecular weight excluding hydrogens is 308 g/mol. The van der Waals surface area contributed by atoms with Crippen LogP contribution in [0.5, 0.6) is 0 Å². The molecule has 0 unspecified atom stereocenters. The van der Waals surface area contributed by atoms with Crippen molar-refractivity contribution >= 4 is 17.8 Å². The van der Waals surface area contributed by atoms with Gasteiger partial charge in [0.2, 0.25) is 11.9 Å². The van der Waals surface area contributed by atoms with Gasteiger partial charge in [0.05, 0.1) is 5.56 Å². The van der Waals surface area contributed by atoms with Gasteiger partial charge in [-0.3, -0.25) is 9.59 Å². The fourth-order valence-electron chi connectivity index (χ4n) is 3.17. The van der Waals surface area contributed by atoms with E-state index in [1.165, 1.54) is 12.4 Å². The largest absolute Gasteiger partial charge is 0.355 e. The Morgan fingerprint density at radius 2 is 1.96 bits per heavy atom. The summed E-state index contributed by atoms with van der Waals surface area (Å²) in [5.74, 6) is 0.356. The van der Waals surface area contributed by atoms with Crippen molar-refractivity contribution in [1.82, 2.24) is 25.1 Å². The molecule has 2 aliphatic rings. The van der Waals surface area contributed by atoms with E-state index in [-0.39, 0.29) is 11.8 Å². The number of amides is 2. The number of anilines is 1. The summed E-state index contributed by atoms with van der Waals surface area (Å²) in [7, 11) is 0. The monoisotopic (exact) mass is 332 g/mol. The molecule has 2 amide bonds. The Labute approximate surface area is 141 Å². The zero-order valence-corrected chi connectivity index (χ0v) is 14.0. The Morgan fingerprint density at radius 3 is 2.62 bits per heavy atom. The van der Waals surface area contributed by atoms with E-state index in [0.29, 0.717) is 31.1 Å². The SMILES string of the molecule is CCNc1ncc(C(=O)N2CCNC[C@@H]2C(=O)N2CCCC2)cn1. The molecule has 1 aromatic rings. The van der Waals surface area contributed by atoms with Crippen LogP contribution in [-0.4, -0.2) is 76.9 Å². The highest BCUT2D eigenvalue weighted by Crippen LogP contribution is 2.16. The van der Waals surface area contributed by atoms with Gasteiger partial charge in [-0.15, -0.1) is 0 Å². The quantitative estimate of drug-likeness (QED) is 0.803. The first-order chi connectivity index (χ1) is 11.7. The lowest BCUT2D eigenvalue weighted by atomic mass is 10.1. The Balaban J connectivity index is 1.74. The number of piperazine rings is 1. The van der Waals surface area contributed by atoms with Crippen molar-refractivity contribution in [2.24, 2.45) is 0 Å². The fraction of sp³-hybridized carbons (Fsp3) is 0.625. The molecule has 8 nitrogen and oxygen atoms in total. The molecule has 3 heterocycles. The summed E-state index contributed by atoms with van der Waals surface area (Å²) in [5.41, 5.74) is 0.415. The third kappa shape index (κ3) is 3.48. The summed E-state index contributed by atoms with van der Waals surface area (Å²) >= 11 is 0. The minimum absolute atomic E-state index is 0.0400. The normalized spacial score (nSPS) is 21.0. The van der Waals surface area contributed by atoms with Crippen LogP contribution in [0, 0.1) is 0 Å². The van der Waals surface area contributed by atoms with Crippen LogP contribution in [0.15, 0.2) is 12.4 Å². The lowest BCUT2D eigenvalue weighted by Gasteiger charge is -2.37. The number of carbonyl (C=O) groups is 2. The second kappa shape index (κ2) is 7.57. The van der Waals surface area contributed by atoms with E-state index in [0.717, 1.165) is 32.5 Å². The smallest absolute Gasteiger partial charge is 0.257 e. The third-order valence-corrected chi connectivity index (χ3v) is 4.44. The number of nitrogens with zero attached hydrogens (tertiary/aromatic N) is 4. The molecule has 3 rings (SSSR count). The van der Waals surface area contributed by atoms with Crippen LogP contribution in [0.1, 0.15) is 30.1 Å². The van der Waals surface area contributed by atoms with Crippen molar-refractivity contribution in [1.29, 1.82) is 0 Å². The second-order valence-electron chi connectivity index (χ2n) is 6.08. The minimum atomic E-state index is -0.446. The molecule has 8 heteroatoms. The van der Waals surface area contributed by atoms with Gasteiger partial charge < -0.3 is 20.4 Å². The molecule has 0 aromatic carbocycles. The van der Waals surface area contributed by atoms with Crippen LogP contribution >= 0.6 is 0 Å². The topological polar surface area (TPSA) is 90.5 Å². The summed E-state index contributed by atoms with van der Waals surface area (Å²) in [4.78, 5) is 37.4. The van der Waals surface area contributed by atoms with Crippen LogP contribution in [0.25, 0.3) is 0 Å². The number of carbonyl (C=O) groups excluding carboxylic acids is 2. The lowest BCUT2D eigenvalue weighted by Crippen LogP contribution is -2.59. The number of aromatic nitrogens is 2. The van der Waals surface area contributed by atoms with Crippen LogP contribution in [-0.2, 0) is 4.79 Å². The number of rotatable bonds is 4. The summed E-state index contributed by atoms with van der Waals surface area (Å²) in [6, 6.07) is -0.446. The van der Waals surface area contributed by atoms with Gasteiger partial charge in [-0.1, -0.05) is 0 Å². The standard InChI is InChI=1S/C16H24N6O2/c1-2-18-16-19-9-12(10-20-16)14(23)22-8-5-17-11-13(22)15(24)21-6-3-4-7-21/h9-10,13,17H,2-8,11H2,1H3,(H,18,19,20)/t13-/m1/s1. The van der Waals surface area contributed by atoms with Gasteiger partial charge in [-0.2, -0.15) is 0 Å². The van der Waals surface area contributed by atoms with Gasteiger partial charge in [-0.05, 0) is 19.8 Å². The summed E-state index contributed by atoms with van der Waals surface area (Å²) in [5, 5.41) is 6.22. The molecule has 1 atom stereocenters. The molecule has 0 aliphatic carbocycles. The maximum atomic E-state index is 12.8. The zero-order valence-electron chi connectivity index (χ0n) is 14.0. The summed E-state index contributed by atoms with van der Waals surface area (Å²) in [6.45, 7) is 5.95. The van der Waals surface area contributed by atoms with Gasteiger partial charge in [0, 0.05) is 51.7 Å². The van der Waals surface area contributed by atoms with E-state index in [1.807, 2.05) is 11.8 Å². The van der Waals surface area contributed by atoms with E-state index >= 15 is 0 Å². The summed E-state index contributed by atoms with van der Waals surface area (Å²) in [6.07, 6.45) is 5.12. The van der Waals surface area contributed by atoms with Crippen LogP contribution in [0.3, 0.4) is 0 Å². The fourth-order valence-corrected chi connectivity index (χ4v) is 3.17. The molecule has 0 radical (unpaired) electrons. The highest BCUT2D eigenvalue weighted by molar-refractivity contribution is 5.97. The number of hydrogen-bond acceptors (Lipinski definition) is 6. The van der Waals surface area contributed by atoms with Crippen LogP contribution < -0.4 is 10.6 Å². The first kappa shape index (κ1) is 16.6. The minimum Gasteiger partial charge on any atom is -0.355 e. The van der Waals surface area contributed by atoms with E-state index in [9.17, 15) is 9.59 Å². The molecule has 0 saturated carbocycles. The molecule has 24 heavy (non-hydrogen) atoms. The Hall–Kier alpha value is -2.22. The molecule has 1 aromatic heterocycles. The predicted molar refractivity (Wildman–Crippen MR) is 89.7 cm³/mol. The molecule has 0 spiro atoms. The molecule has 2 N–H and O–H groups in total. The third-order valence-electron chi connectivity index (χ3n) is 4.44. The Bertz CT molecular complexity index is 585. The predicted octanol–water partition coefficient (Wildman–Crippen LogP) is -0.0552. The van der Waals surface area contributed by atoms with Crippen LogP contribution in [0.2, 0.25) is 0 Å². The molecule has 2 fully saturated rings. The molecule has 2 saturated heterocycles. The van der Waals surface area contributed by atoms with Crippen molar-refractivity contribution in [3.63, 3.8) is 0 Å². The first-order valence-electron chi connectivity index (χ1n) is 8.57. The van der Waals surface area contributed by atoms with Crippen molar-refractivity contribution in [2.75, 3.05) is 44.6 Å². The van der Waals surface area contributed by atoms with Crippen LogP contribution in [0.4, 0.5) is 5.95 Å². The number of likely N-dealkylation sites (tertiary alicyclic amines) is 1. The lowest BCUT2D eigenvalue weighted by molar-refractivity contribution is -0.135.